The van der Waals surface area contributed by atoms with Crippen LogP contribution in [0.5, 0.6) is 0 Å². The minimum absolute atomic E-state index is 0.137. The minimum atomic E-state index is -0.327. The van der Waals surface area contributed by atoms with Crippen LogP contribution in [0, 0.1) is 11.3 Å². The maximum atomic E-state index is 13.5. The Bertz CT molecular complexity index is 707. The van der Waals surface area contributed by atoms with Gasteiger partial charge in [-0.15, -0.1) is 0 Å². The van der Waals surface area contributed by atoms with Crippen molar-refractivity contribution in [3.63, 3.8) is 0 Å². The monoisotopic (exact) mass is 421 g/mol. The number of likely N-dealkylation sites (tertiary alicyclic amines) is 1. The van der Waals surface area contributed by atoms with E-state index in [1.54, 1.807) is 7.11 Å². The molecule has 0 aromatic carbocycles. The second kappa shape index (κ2) is 9.72. The second-order valence-electron chi connectivity index (χ2n) is 8.81. The maximum Gasteiger partial charge on any atom is 0.246 e. The van der Waals surface area contributed by atoms with E-state index in [2.05, 4.69) is 32.2 Å². The van der Waals surface area contributed by atoms with Crippen LogP contribution in [-0.4, -0.2) is 84.9 Å². The topological polar surface area (TPSA) is 93.0 Å². The molecule has 2 saturated heterocycles. The summed E-state index contributed by atoms with van der Waals surface area (Å²) in [6.07, 6.45) is 4.19. The number of fused-ring (bicyclic) bond motifs is 1. The summed E-state index contributed by atoms with van der Waals surface area (Å²) in [7, 11) is 1.59. The highest BCUT2D eigenvalue weighted by Gasteiger charge is 2.52. The van der Waals surface area contributed by atoms with Crippen LogP contribution in [0.4, 0.5) is 0 Å². The van der Waals surface area contributed by atoms with E-state index in [1.165, 1.54) is 0 Å². The molecule has 0 spiro atoms. The summed E-state index contributed by atoms with van der Waals surface area (Å²) >= 11 is 0. The molecule has 0 bridgehead atoms. The molecule has 9 nitrogen and oxygen atoms in total. The molecule has 9 heteroatoms. The first-order chi connectivity index (χ1) is 14.6. The Morgan fingerprint density at radius 3 is 2.90 bits per heavy atom. The van der Waals surface area contributed by atoms with Gasteiger partial charge in [0.25, 0.3) is 0 Å². The quantitative estimate of drug-likeness (QED) is 0.698. The number of aromatic nitrogens is 2. The Labute approximate surface area is 178 Å². The van der Waals surface area contributed by atoms with E-state index < -0.39 is 0 Å². The predicted molar refractivity (Wildman–Crippen MR) is 110 cm³/mol. The van der Waals surface area contributed by atoms with Crippen LogP contribution in [0.2, 0.25) is 0 Å². The first-order valence-corrected chi connectivity index (χ1v) is 11.3. The maximum absolute atomic E-state index is 13.5. The molecule has 3 atom stereocenters. The third kappa shape index (κ3) is 4.54. The number of amides is 1. The van der Waals surface area contributed by atoms with Crippen molar-refractivity contribution in [2.45, 2.75) is 51.8 Å². The first-order valence-electron chi connectivity index (χ1n) is 11.3. The van der Waals surface area contributed by atoms with Crippen molar-refractivity contribution in [3.8, 4) is 0 Å². The van der Waals surface area contributed by atoms with Crippen LogP contribution in [0.3, 0.4) is 0 Å². The number of rotatable bonds is 7. The van der Waals surface area contributed by atoms with E-state index in [0.717, 1.165) is 71.6 Å². The largest absolute Gasteiger partial charge is 0.379 e. The third-order valence-electron chi connectivity index (χ3n) is 7.21. The second-order valence-corrected chi connectivity index (χ2v) is 8.81. The number of ether oxygens (including phenoxy) is 2. The molecule has 168 valence electrons. The Morgan fingerprint density at radius 1 is 1.30 bits per heavy atom. The highest BCUT2D eigenvalue weighted by atomic mass is 16.5. The van der Waals surface area contributed by atoms with Crippen LogP contribution in [0.25, 0.3) is 0 Å². The number of methoxy groups -OCH3 is 1. The normalized spacial score (nSPS) is 30.7. The molecule has 0 radical (unpaired) electrons. The number of nitrogens with one attached hydrogen (secondary N) is 1. The van der Waals surface area contributed by atoms with Gasteiger partial charge in [0.05, 0.1) is 25.2 Å². The number of hydrogen-bond acceptors (Lipinski definition) is 8. The van der Waals surface area contributed by atoms with Gasteiger partial charge in [-0.3, -0.25) is 9.69 Å². The van der Waals surface area contributed by atoms with Gasteiger partial charge in [0.1, 0.15) is 6.61 Å². The molecule has 1 aromatic heterocycles. The lowest BCUT2D eigenvalue weighted by atomic mass is 9.61. The number of hydrogen-bond donors (Lipinski definition) is 1. The van der Waals surface area contributed by atoms with Gasteiger partial charge in [-0.25, -0.2) is 0 Å². The Kier molecular flexibility index (Phi) is 7.02. The number of morpholine rings is 1. The highest BCUT2D eigenvalue weighted by molar-refractivity contribution is 5.83. The van der Waals surface area contributed by atoms with Crippen LogP contribution in [-0.2, 0) is 27.4 Å². The summed E-state index contributed by atoms with van der Waals surface area (Å²) in [5.74, 6) is 1.47. The molecule has 2 aliphatic heterocycles. The lowest BCUT2D eigenvalue weighted by Crippen LogP contribution is -2.60. The van der Waals surface area contributed by atoms with Crippen molar-refractivity contribution >= 4 is 5.91 Å². The van der Waals surface area contributed by atoms with Gasteiger partial charge >= 0.3 is 0 Å². The molecule has 3 aliphatic rings. The van der Waals surface area contributed by atoms with E-state index in [0.29, 0.717) is 30.3 Å². The Hall–Kier alpha value is -1.55. The summed E-state index contributed by atoms with van der Waals surface area (Å²) in [5.41, 5.74) is -0.327. The molecule has 1 aliphatic carbocycles. The highest BCUT2D eigenvalue weighted by Crippen LogP contribution is 2.47. The Morgan fingerprint density at radius 2 is 2.13 bits per heavy atom. The van der Waals surface area contributed by atoms with Crippen molar-refractivity contribution in [1.82, 2.24) is 25.3 Å². The number of carbonyl (C=O) groups is 1. The SMILES string of the molecule is CCN1CC[C@@H]2C[C@@H](N3CCOCC3)CC[C@@]2(C(=O)NCc2nc(COC)no2)C1. The number of piperidine rings is 1. The number of nitrogens with zero attached hydrogens (tertiary/aromatic N) is 4. The molecule has 1 saturated carbocycles. The zero-order valence-corrected chi connectivity index (χ0v) is 18.3. The van der Waals surface area contributed by atoms with Crippen LogP contribution in [0.15, 0.2) is 4.52 Å². The summed E-state index contributed by atoms with van der Waals surface area (Å²) < 4.78 is 15.8. The lowest BCUT2D eigenvalue weighted by Gasteiger charge is -2.53. The van der Waals surface area contributed by atoms with Gasteiger partial charge in [-0.2, -0.15) is 4.98 Å². The van der Waals surface area contributed by atoms with Crippen LogP contribution >= 0.6 is 0 Å². The third-order valence-corrected chi connectivity index (χ3v) is 7.21. The standard InChI is InChI=1S/C21H35N5O4/c1-3-25-7-5-16-12-17(26-8-10-29-11-9-26)4-6-21(16,15-25)20(27)22-13-19-23-18(14-28-2)24-30-19/h16-17H,3-15H2,1-2H3,(H,22,27)/t16-,17+,21-/m1/s1. The molecule has 30 heavy (non-hydrogen) atoms. The zero-order valence-electron chi connectivity index (χ0n) is 18.3. The molecule has 1 amide bonds. The molecular formula is C21H35N5O4. The summed E-state index contributed by atoms with van der Waals surface area (Å²) in [6.45, 7) is 9.33. The van der Waals surface area contributed by atoms with Gasteiger partial charge in [-0.05, 0) is 44.7 Å². The summed E-state index contributed by atoms with van der Waals surface area (Å²) in [4.78, 5) is 22.8. The van der Waals surface area contributed by atoms with E-state index in [4.69, 9.17) is 14.0 Å². The zero-order chi connectivity index (χ0) is 21.0. The fraction of sp³-hybridized carbons (Fsp3) is 0.857. The molecule has 3 fully saturated rings. The molecule has 0 unspecified atom stereocenters. The summed E-state index contributed by atoms with van der Waals surface area (Å²) in [5, 5.41) is 6.99. The Balaban J connectivity index is 1.43. The van der Waals surface area contributed by atoms with E-state index in [-0.39, 0.29) is 17.9 Å². The minimum Gasteiger partial charge on any atom is -0.379 e. The van der Waals surface area contributed by atoms with Crippen molar-refractivity contribution in [2.75, 3.05) is 53.0 Å². The predicted octanol–water partition coefficient (Wildman–Crippen LogP) is 1.05. The van der Waals surface area contributed by atoms with Gasteiger partial charge < -0.3 is 24.2 Å². The van der Waals surface area contributed by atoms with E-state index >= 15 is 0 Å². The lowest BCUT2D eigenvalue weighted by molar-refractivity contribution is -0.145. The van der Waals surface area contributed by atoms with Crippen molar-refractivity contribution in [2.24, 2.45) is 11.3 Å². The van der Waals surface area contributed by atoms with Crippen LogP contribution in [0.1, 0.15) is 44.3 Å². The van der Waals surface area contributed by atoms with Crippen LogP contribution < -0.4 is 5.32 Å². The van der Waals surface area contributed by atoms with E-state index in [9.17, 15) is 4.79 Å². The van der Waals surface area contributed by atoms with Crippen molar-refractivity contribution in [1.29, 1.82) is 0 Å². The van der Waals surface area contributed by atoms with Gasteiger partial charge in [0, 0.05) is 32.8 Å². The first kappa shape index (κ1) is 21.7. The fourth-order valence-electron chi connectivity index (χ4n) is 5.52. The fourth-order valence-corrected chi connectivity index (χ4v) is 5.52. The summed E-state index contributed by atoms with van der Waals surface area (Å²) in [6, 6.07) is 0.570. The molecule has 1 N–H and O–H groups in total. The molecule has 4 rings (SSSR count). The smallest absolute Gasteiger partial charge is 0.246 e. The van der Waals surface area contributed by atoms with Gasteiger partial charge in [0.2, 0.25) is 11.8 Å². The van der Waals surface area contributed by atoms with Gasteiger partial charge in [0.15, 0.2) is 5.82 Å². The average Bonchev–Trinajstić information content (AvgIpc) is 3.25. The molecule has 3 heterocycles. The van der Waals surface area contributed by atoms with Crippen molar-refractivity contribution < 1.29 is 18.8 Å². The molecule has 1 aromatic rings. The van der Waals surface area contributed by atoms with Gasteiger partial charge in [-0.1, -0.05) is 12.1 Å². The van der Waals surface area contributed by atoms with Crippen molar-refractivity contribution in [3.05, 3.63) is 11.7 Å². The van der Waals surface area contributed by atoms with E-state index in [1.807, 2.05) is 0 Å². The number of carbonyl (C=O) groups excluding carboxylic acids is 1. The average molecular weight is 422 g/mol. The molecular weight excluding hydrogens is 386 g/mol.